The maximum atomic E-state index is 12.6. The van der Waals surface area contributed by atoms with Crippen molar-refractivity contribution in [2.24, 2.45) is 5.41 Å². The fourth-order valence-corrected chi connectivity index (χ4v) is 2.65. The highest BCUT2D eigenvalue weighted by atomic mass is 16.3. The molecule has 1 heterocycles. The molecule has 0 aliphatic heterocycles. The summed E-state index contributed by atoms with van der Waals surface area (Å²) in [5.41, 5.74) is 1.52. The number of furan rings is 1. The number of nitrogens with zero attached hydrogens (tertiary/aromatic N) is 1. The molecule has 0 fully saturated rings. The Kier molecular flexibility index (Phi) is 4.63. The molecule has 0 aliphatic rings. The monoisotopic (exact) mass is 285 g/mol. The molecule has 0 unspecified atom stereocenters. The number of hydrogen-bond donors (Lipinski definition) is 0. The molecule has 3 heteroatoms. The van der Waals surface area contributed by atoms with Gasteiger partial charge in [-0.2, -0.15) is 0 Å². The van der Waals surface area contributed by atoms with Gasteiger partial charge in [0.05, 0.1) is 6.26 Å². The molecule has 2 aromatic rings. The van der Waals surface area contributed by atoms with E-state index in [4.69, 9.17) is 4.42 Å². The Morgan fingerprint density at radius 2 is 1.86 bits per heavy atom. The summed E-state index contributed by atoms with van der Waals surface area (Å²) in [5.74, 6) is 1.12. The van der Waals surface area contributed by atoms with Crippen LogP contribution in [0.2, 0.25) is 0 Å². The van der Waals surface area contributed by atoms with Crippen LogP contribution in [0.5, 0.6) is 0 Å². The minimum atomic E-state index is -0.423. The second-order valence-electron chi connectivity index (χ2n) is 6.25. The zero-order valence-corrected chi connectivity index (χ0v) is 13.2. The molecular weight excluding hydrogens is 262 g/mol. The lowest BCUT2D eigenvalue weighted by Gasteiger charge is -2.29. The molecule has 0 saturated carbocycles. The quantitative estimate of drug-likeness (QED) is 0.754. The largest absolute Gasteiger partial charge is 0.469 e. The second kappa shape index (κ2) is 6.27. The predicted molar refractivity (Wildman–Crippen MR) is 84.3 cm³/mol. The topological polar surface area (TPSA) is 33.5 Å². The molecule has 3 nitrogen and oxygen atoms in total. The Morgan fingerprint density at radius 1 is 1.19 bits per heavy atom. The third-order valence-corrected chi connectivity index (χ3v) is 3.72. The molecule has 0 saturated heterocycles. The molecule has 0 atom stereocenters. The van der Waals surface area contributed by atoms with Crippen molar-refractivity contribution in [2.75, 3.05) is 13.6 Å². The number of aryl methyl sites for hydroxylation is 1. The van der Waals surface area contributed by atoms with Gasteiger partial charge < -0.3 is 9.32 Å². The highest BCUT2D eigenvalue weighted by Crippen LogP contribution is 2.24. The number of ketones is 1. The lowest BCUT2D eigenvalue weighted by Crippen LogP contribution is -2.37. The van der Waals surface area contributed by atoms with Crippen molar-refractivity contribution in [3.63, 3.8) is 0 Å². The number of carbonyl (C=O) groups excluding carboxylic acids is 1. The molecule has 0 radical (unpaired) electrons. The van der Waals surface area contributed by atoms with E-state index < -0.39 is 5.41 Å². The third kappa shape index (κ3) is 3.82. The number of rotatable bonds is 6. The maximum Gasteiger partial charge on any atom is 0.169 e. The predicted octanol–water partition coefficient (Wildman–Crippen LogP) is 3.93. The SMILES string of the molecule is Cc1occc1CN(C)CC(C)(C)C(=O)c1ccccc1. The third-order valence-electron chi connectivity index (χ3n) is 3.72. The van der Waals surface area contributed by atoms with Gasteiger partial charge in [0.15, 0.2) is 5.78 Å². The highest BCUT2D eigenvalue weighted by Gasteiger charge is 2.30. The molecule has 0 N–H and O–H groups in total. The number of benzene rings is 1. The molecule has 112 valence electrons. The summed E-state index contributed by atoms with van der Waals surface area (Å²) in [6, 6.07) is 11.5. The van der Waals surface area contributed by atoms with Gasteiger partial charge in [0.25, 0.3) is 0 Å². The fraction of sp³-hybridized carbons (Fsp3) is 0.389. The van der Waals surface area contributed by atoms with Gasteiger partial charge in [0.1, 0.15) is 5.76 Å². The van der Waals surface area contributed by atoms with E-state index in [1.165, 1.54) is 5.56 Å². The normalized spacial score (nSPS) is 11.9. The van der Waals surface area contributed by atoms with Gasteiger partial charge in [0, 0.05) is 29.6 Å². The molecule has 2 rings (SSSR count). The Morgan fingerprint density at radius 3 is 2.43 bits per heavy atom. The Hall–Kier alpha value is -1.87. The van der Waals surface area contributed by atoms with Crippen molar-refractivity contribution in [2.45, 2.75) is 27.3 Å². The number of hydrogen-bond acceptors (Lipinski definition) is 3. The van der Waals surface area contributed by atoms with Crippen molar-refractivity contribution in [3.05, 3.63) is 59.5 Å². The van der Waals surface area contributed by atoms with Gasteiger partial charge in [-0.15, -0.1) is 0 Å². The Bertz CT molecular complexity index is 599. The summed E-state index contributed by atoms with van der Waals surface area (Å²) >= 11 is 0. The van der Waals surface area contributed by atoms with E-state index in [1.54, 1.807) is 6.26 Å². The average Bonchev–Trinajstić information content (AvgIpc) is 2.83. The molecule has 0 spiro atoms. The number of Topliss-reactive ketones (excluding diaryl/α,β-unsaturated/α-hetero) is 1. The van der Waals surface area contributed by atoms with Crippen molar-refractivity contribution in [1.82, 2.24) is 4.90 Å². The molecule has 0 amide bonds. The van der Waals surface area contributed by atoms with Gasteiger partial charge >= 0.3 is 0 Å². The Labute approximate surface area is 126 Å². The van der Waals surface area contributed by atoms with E-state index in [2.05, 4.69) is 4.90 Å². The first-order valence-electron chi connectivity index (χ1n) is 7.21. The smallest absolute Gasteiger partial charge is 0.169 e. The van der Waals surface area contributed by atoms with Crippen molar-refractivity contribution >= 4 is 5.78 Å². The average molecular weight is 285 g/mol. The van der Waals surface area contributed by atoms with Crippen molar-refractivity contribution in [1.29, 1.82) is 0 Å². The minimum absolute atomic E-state index is 0.180. The maximum absolute atomic E-state index is 12.6. The van der Waals surface area contributed by atoms with Crippen LogP contribution in [0.4, 0.5) is 0 Å². The molecule has 21 heavy (non-hydrogen) atoms. The first-order chi connectivity index (χ1) is 9.90. The first-order valence-corrected chi connectivity index (χ1v) is 7.21. The summed E-state index contributed by atoms with van der Waals surface area (Å²) in [6.45, 7) is 7.45. The summed E-state index contributed by atoms with van der Waals surface area (Å²) < 4.78 is 5.32. The van der Waals surface area contributed by atoms with Gasteiger partial charge in [-0.25, -0.2) is 0 Å². The summed E-state index contributed by atoms with van der Waals surface area (Å²) in [6.07, 6.45) is 1.71. The van der Waals surface area contributed by atoms with Crippen LogP contribution >= 0.6 is 0 Å². The van der Waals surface area contributed by atoms with Gasteiger partial charge in [-0.3, -0.25) is 4.79 Å². The van der Waals surface area contributed by atoms with E-state index in [1.807, 2.05) is 64.2 Å². The first kappa shape index (κ1) is 15.5. The second-order valence-corrected chi connectivity index (χ2v) is 6.25. The van der Waals surface area contributed by atoms with E-state index in [-0.39, 0.29) is 5.78 Å². The standard InChI is InChI=1S/C18H23NO2/c1-14-16(10-11-21-14)12-19(4)13-18(2,3)17(20)15-8-6-5-7-9-15/h5-11H,12-13H2,1-4H3. The van der Waals surface area contributed by atoms with Crippen LogP contribution in [0.1, 0.15) is 35.5 Å². The molecular formula is C18H23NO2. The minimum Gasteiger partial charge on any atom is -0.469 e. The van der Waals surface area contributed by atoms with Gasteiger partial charge in [-0.1, -0.05) is 44.2 Å². The summed E-state index contributed by atoms with van der Waals surface area (Å²) in [5, 5.41) is 0. The Balaban J connectivity index is 2.03. The van der Waals surface area contributed by atoms with Crippen LogP contribution in [0.15, 0.2) is 47.1 Å². The van der Waals surface area contributed by atoms with Crippen molar-refractivity contribution < 1.29 is 9.21 Å². The zero-order chi connectivity index (χ0) is 15.5. The van der Waals surface area contributed by atoms with Crippen LogP contribution in [0.3, 0.4) is 0 Å². The lowest BCUT2D eigenvalue weighted by atomic mass is 9.83. The molecule has 0 aliphatic carbocycles. The van der Waals surface area contributed by atoms with Crippen LogP contribution in [-0.4, -0.2) is 24.3 Å². The van der Waals surface area contributed by atoms with Crippen LogP contribution < -0.4 is 0 Å². The highest BCUT2D eigenvalue weighted by molar-refractivity contribution is 6.00. The molecule has 1 aromatic carbocycles. The molecule has 1 aromatic heterocycles. The van der Waals surface area contributed by atoms with Crippen LogP contribution in [0.25, 0.3) is 0 Å². The van der Waals surface area contributed by atoms with Crippen LogP contribution in [-0.2, 0) is 6.54 Å². The van der Waals surface area contributed by atoms with Crippen LogP contribution in [0, 0.1) is 12.3 Å². The summed E-state index contributed by atoms with van der Waals surface area (Å²) in [7, 11) is 2.03. The fourth-order valence-electron chi connectivity index (χ4n) is 2.65. The van der Waals surface area contributed by atoms with E-state index in [0.29, 0.717) is 6.54 Å². The van der Waals surface area contributed by atoms with Gasteiger partial charge in [0.2, 0.25) is 0 Å². The number of carbonyl (C=O) groups is 1. The summed E-state index contributed by atoms with van der Waals surface area (Å²) in [4.78, 5) is 14.8. The molecule has 0 bridgehead atoms. The van der Waals surface area contributed by atoms with E-state index in [0.717, 1.165) is 17.9 Å². The zero-order valence-electron chi connectivity index (χ0n) is 13.2. The van der Waals surface area contributed by atoms with E-state index in [9.17, 15) is 4.79 Å². The van der Waals surface area contributed by atoms with Crippen molar-refractivity contribution in [3.8, 4) is 0 Å². The lowest BCUT2D eigenvalue weighted by molar-refractivity contribution is 0.0778. The van der Waals surface area contributed by atoms with E-state index >= 15 is 0 Å². The van der Waals surface area contributed by atoms with Gasteiger partial charge in [-0.05, 0) is 20.0 Å².